The number of hydrogen-bond acceptors (Lipinski definition) is 7. The zero-order chi connectivity index (χ0) is 28.2. The standard InChI is InChI=1S/C28H34N4O6S/c1-27(2,3)20-11-9-19(10-12-20)25(34)30-21(16-18-7-8-18)26(35)31-15-13-22-28(31,23(33)17-29-22)39(37,38)24-6-4-5-14-32(24)36/h4-6,9-12,14,18,21-22,29H,7-8,13,15-17H2,1-3H3,(H,30,34). The fourth-order valence-electron chi connectivity index (χ4n) is 5.73. The number of carbonyl (C=O) groups is 3. The molecular weight excluding hydrogens is 520 g/mol. The quantitative estimate of drug-likeness (QED) is 0.390. The van der Waals surface area contributed by atoms with Gasteiger partial charge in [-0.1, -0.05) is 45.7 Å². The van der Waals surface area contributed by atoms with Crippen molar-refractivity contribution in [2.24, 2.45) is 5.92 Å². The molecule has 2 saturated heterocycles. The highest BCUT2D eigenvalue weighted by Gasteiger charge is 2.70. The molecule has 3 aliphatic rings. The van der Waals surface area contributed by atoms with Gasteiger partial charge >= 0.3 is 5.03 Å². The lowest BCUT2D eigenvalue weighted by atomic mass is 9.86. The highest BCUT2D eigenvalue weighted by molar-refractivity contribution is 7.93. The van der Waals surface area contributed by atoms with Crippen molar-refractivity contribution in [3.8, 4) is 0 Å². The van der Waals surface area contributed by atoms with E-state index in [1.807, 2.05) is 12.1 Å². The first-order valence-corrected chi connectivity index (χ1v) is 14.8. The first-order chi connectivity index (χ1) is 18.4. The van der Waals surface area contributed by atoms with Crippen molar-refractivity contribution < 1.29 is 27.5 Å². The Labute approximate surface area is 228 Å². The molecule has 2 N–H and O–H groups in total. The highest BCUT2D eigenvalue weighted by atomic mass is 32.2. The summed E-state index contributed by atoms with van der Waals surface area (Å²) in [7, 11) is -4.63. The Balaban J connectivity index is 1.48. The van der Waals surface area contributed by atoms with Gasteiger partial charge in [-0.05, 0) is 47.9 Å². The maximum atomic E-state index is 14.1. The third-order valence-corrected chi connectivity index (χ3v) is 10.5. The number of aromatic nitrogens is 1. The number of fused-ring (bicyclic) bond motifs is 1. The molecule has 1 saturated carbocycles. The summed E-state index contributed by atoms with van der Waals surface area (Å²) < 4.78 is 28.3. The minimum Gasteiger partial charge on any atom is -0.618 e. The number of likely N-dealkylation sites (tertiary alicyclic amines) is 1. The molecule has 39 heavy (non-hydrogen) atoms. The van der Waals surface area contributed by atoms with Crippen molar-refractivity contribution in [3.05, 3.63) is 65.0 Å². The Morgan fingerprint density at radius 1 is 1.15 bits per heavy atom. The summed E-state index contributed by atoms with van der Waals surface area (Å²) in [5, 5.41) is 17.7. The van der Waals surface area contributed by atoms with Gasteiger partial charge in [-0.3, -0.25) is 14.4 Å². The van der Waals surface area contributed by atoms with E-state index >= 15 is 0 Å². The molecule has 1 aromatic carbocycles. The molecule has 3 unspecified atom stereocenters. The number of ketones is 1. The second-order valence-electron chi connectivity index (χ2n) is 11.7. The number of nitrogens with zero attached hydrogens (tertiary/aromatic N) is 2. The number of Topliss-reactive ketones (excluding diaryl/α,β-unsaturated/α-hetero) is 1. The number of amides is 2. The predicted octanol–water partition coefficient (Wildman–Crippen LogP) is 1.46. The third kappa shape index (κ3) is 4.61. The molecule has 3 heterocycles. The van der Waals surface area contributed by atoms with Gasteiger partial charge < -0.3 is 20.7 Å². The van der Waals surface area contributed by atoms with Crippen molar-refractivity contribution in [3.63, 3.8) is 0 Å². The molecule has 3 fully saturated rings. The summed E-state index contributed by atoms with van der Waals surface area (Å²) in [6.45, 7) is 5.98. The van der Waals surface area contributed by atoms with Crippen molar-refractivity contribution in [2.75, 3.05) is 13.1 Å². The van der Waals surface area contributed by atoms with Crippen LogP contribution in [0, 0.1) is 11.1 Å². The van der Waals surface area contributed by atoms with Gasteiger partial charge in [0.15, 0.2) is 12.0 Å². The van der Waals surface area contributed by atoms with Crippen LogP contribution >= 0.6 is 0 Å². The van der Waals surface area contributed by atoms with E-state index in [4.69, 9.17) is 0 Å². The minimum absolute atomic E-state index is 0.00444. The van der Waals surface area contributed by atoms with E-state index in [2.05, 4.69) is 31.4 Å². The lowest BCUT2D eigenvalue weighted by Crippen LogP contribution is -2.65. The zero-order valence-electron chi connectivity index (χ0n) is 22.3. The Hall–Kier alpha value is -3.31. The van der Waals surface area contributed by atoms with Gasteiger partial charge in [0.2, 0.25) is 10.8 Å². The van der Waals surface area contributed by atoms with E-state index in [9.17, 15) is 28.0 Å². The largest absolute Gasteiger partial charge is 0.618 e. The van der Waals surface area contributed by atoms with Crippen LogP contribution in [0.15, 0.2) is 53.7 Å². The smallest absolute Gasteiger partial charge is 0.311 e. The van der Waals surface area contributed by atoms with Crippen LogP contribution < -0.4 is 15.4 Å². The van der Waals surface area contributed by atoms with Gasteiger partial charge in [0, 0.05) is 24.2 Å². The maximum Gasteiger partial charge on any atom is 0.311 e. The van der Waals surface area contributed by atoms with Gasteiger partial charge in [0.1, 0.15) is 6.04 Å². The molecule has 2 aliphatic heterocycles. The van der Waals surface area contributed by atoms with Gasteiger partial charge in [0.25, 0.3) is 15.7 Å². The van der Waals surface area contributed by atoms with Crippen LogP contribution in [0.25, 0.3) is 0 Å². The average Bonchev–Trinajstić information content (AvgIpc) is 3.52. The second-order valence-corrected chi connectivity index (χ2v) is 13.8. The molecule has 10 nitrogen and oxygen atoms in total. The van der Waals surface area contributed by atoms with E-state index in [0.717, 1.165) is 35.6 Å². The average molecular weight is 555 g/mol. The summed E-state index contributed by atoms with van der Waals surface area (Å²) >= 11 is 0. The van der Waals surface area contributed by atoms with Gasteiger partial charge in [0.05, 0.1) is 12.6 Å². The Bertz CT molecular complexity index is 1410. The SMILES string of the molecule is CC(C)(C)c1ccc(C(=O)NC(CC2CC2)C(=O)N2CCC3NCC(=O)C32S(=O)(=O)c2cccc[n+]2[O-])cc1. The number of rotatable bonds is 7. The second kappa shape index (κ2) is 9.71. The van der Waals surface area contributed by atoms with Gasteiger partial charge in [-0.25, -0.2) is 8.42 Å². The molecular formula is C28H34N4O6S. The lowest BCUT2D eigenvalue weighted by molar-refractivity contribution is -0.646. The number of pyridine rings is 1. The van der Waals surface area contributed by atoms with Crippen LogP contribution in [-0.2, 0) is 24.8 Å². The monoisotopic (exact) mass is 554 g/mol. The molecule has 11 heteroatoms. The molecule has 1 aromatic heterocycles. The number of hydrogen-bond donors (Lipinski definition) is 2. The fraction of sp³-hybridized carbons (Fsp3) is 0.500. The summed E-state index contributed by atoms with van der Waals surface area (Å²) in [6, 6.07) is 9.23. The minimum atomic E-state index is -4.63. The summed E-state index contributed by atoms with van der Waals surface area (Å²) in [5.74, 6) is -1.53. The van der Waals surface area contributed by atoms with E-state index in [-0.39, 0.29) is 35.6 Å². The number of sulfone groups is 1. The van der Waals surface area contributed by atoms with Crippen molar-refractivity contribution >= 4 is 27.4 Å². The molecule has 2 aromatic rings. The number of benzene rings is 1. The van der Waals surface area contributed by atoms with Crippen LogP contribution in [0.4, 0.5) is 0 Å². The van der Waals surface area contributed by atoms with Crippen LogP contribution in [0.3, 0.4) is 0 Å². The van der Waals surface area contributed by atoms with E-state index in [1.165, 1.54) is 12.1 Å². The molecule has 5 rings (SSSR count). The van der Waals surface area contributed by atoms with Crippen molar-refractivity contribution in [1.82, 2.24) is 15.5 Å². The van der Waals surface area contributed by atoms with Crippen molar-refractivity contribution in [2.45, 2.75) is 73.9 Å². The first kappa shape index (κ1) is 27.3. The topological polar surface area (TPSA) is 140 Å². The molecule has 0 radical (unpaired) electrons. The van der Waals surface area contributed by atoms with Crippen LogP contribution in [0.1, 0.15) is 62.4 Å². The fourth-order valence-corrected chi connectivity index (χ4v) is 8.03. The molecule has 2 amide bonds. The molecule has 1 aliphatic carbocycles. The molecule has 0 spiro atoms. The molecule has 3 atom stereocenters. The summed E-state index contributed by atoms with van der Waals surface area (Å²) in [4.78, 5) is 39.6. The lowest BCUT2D eigenvalue weighted by Gasteiger charge is -2.36. The first-order valence-electron chi connectivity index (χ1n) is 13.3. The molecule has 208 valence electrons. The molecule has 0 bridgehead atoms. The van der Waals surface area contributed by atoms with Crippen LogP contribution in [0.2, 0.25) is 0 Å². The zero-order valence-corrected chi connectivity index (χ0v) is 23.2. The van der Waals surface area contributed by atoms with Gasteiger partial charge in [-0.15, -0.1) is 0 Å². The Morgan fingerprint density at radius 3 is 2.46 bits per heavy atom. The number of nitrogens with one attached hydrogen (secondary N) is 2. The van der Waals surface area contributed by atoms with E-state index in [1.54, 1.807) is 12.1 Å². The van der Waals surface area contributed by atoms with Crippen LogP contribution in [-0.4, -0.2) is 61.0 Å². The Morgan fingerprint density at radius 2 is 1.85 bits per heavy atom. The van der Waals surface area contributed by atoms with E-state index < -0.39 is 49.4 Å². The number of carbonyl (C=O) groups excluding carboxylic acids is 3. The van der Waals surface area contributed by atoms with E-state index in [0.29, 0.717) is 12.0 Å². The van der Waals surface area contributed by atoms with Gasteiger partial charge in [-0.2, -0.15) is 4.73 Å². The highest BCUT2D eigenvalue weighted by Crippen LogP contribution is 2.43. The van der Waals surface area contributed by atoms with Crippen LogP contribution in [0.5, 0.6) is 0 Å². The third-order valence-electron chi connectivity index (χ3n) is 8.05. The normalized spacial score (nSPS) is 23.9. The predicted molar refractivity (Wildman–Crippen MR) is 142 cm³/mol. The summed E-state index contributed by atoms with van der Waals surface area (Å²) in [6.07, 6.45) is 3.43. The maximum absolute atomic E-state index is 14.1. The Kier molecular flexibility index (Phi) is 6.79. The summed E-state index contributed by atoms with van der Waals surface area (Å²) in [5.41, 5.74) is 1.35. The van der Waals surface area contributed by atoms with Crippen molar-refractivity contribution in [1.29, 1.82) is 0 Å².